The Morgan fingerprint density at radius 3 is 2.17 bits per heavy atom. The molecule has 0 aliphatic carbocycles. The highest BCUT2D eigenvalue weighted by Crippen LogP contribution is 2.41. The Morgan fingerprint density at radius 1 is 0.500 bits per heavy atom. The summed E-state index contributed by atoms with van der Waals surface area (Å²) in [5.41, 5.74) is 4.06. The van der Waals surface area contributed by atoms with Crippen molar-refractivity contribution < 1.29 is 16.4 Å². The van der Waals surface area contributed by atoms with Gasteiger partial charge in [-0.15, -0.1) is 11.3 Å². The molecule has 0 amide bonds. The molecule has 0 aliphatic rings. The van der Waals surface area contributed by atoms with Crippen LogP contribution < -0.4 is 0 Å². The number of nitrogens with zero attached hydrogens (tertiary/aromatic N) is 5. The van der Waals surface area contributed by atoms with Crippen molar-refractivity contribution in [2.45, 2.75) is 0 Å². The summed E-state index contributed by atoms with van der Waals surface area (Å²) in [7, 11) is 0. The Labute approximate surface area is 331 Å². The zero-order valence-electron chi connectivity index (χ0n) is 40.0. The summed E-state index contributed by atoms with van der Waals surface area (Å²) in [6.07, 6.45) is 1.70. The van der Waals surface area contributed by atoms with Gasteiger partial charge < -0.3 is 4.57 Å². The minimum Gasteiger partial charge on any atom is -0.309 e. The fourth-order valence-electron chi connectivity index (χ4n) is 6.99. The lowest BCUT2D eigenvalue weighted by Crippen LogP contribution is -2.03. The third-order valence-corrected chi connectivity index (χ3v) is 10.6. The first-order valence-electron chi connectivity index (χ1n) is 23.0. The highest BCUT2D eigenvalue weighted by atomic mass is 32.1. The maximum atomic E-state index is 9.13. The fraction of sp³-hybridized carbons (Fsp3) is 0. The van der Waals surface area contributed by atoms with Crippen LogP contribution in [0.4, 0.5) is 0 Å². The molecular weight excluding hydrogens is 679 g/mol. The second-order valence-electron chi connectivity index (χ2n) is 12.6. The Balaban J connectivity index is 1.18. The standard InChI is InChI=1S/C48H29N5S/c1-5-21-41-35(15-1)36-16-2-6-22-42(36)53(41)43-23-7-3-18-39(43)48-51-46(50-47(52-48)33-25-26-40-31(29-33)14-11-27-49-40)32-13-9-12-30(28-32)34-19-10-20-38-37-17-4-8-24-44(37)54-45(34)38/h1-29H/i1D,2D,4D,5D,10D,15D,16D,17D,20D,21D,22D,24D. The lowest BCUT2D eigenvalue weighted by Gasteiger charge is -2.15. The third kappa shape index (κ3) is 4.92. The van der Waals surface area contributed by atoms with Crippen LogP contribution in [0.1, 0.15) is 16.4 Å². The first-order chi connectivity index (χ1) is 31.7. The van der Waals surface area contributed by atoms with Crippen molar-refractivity contribution in [2.24, 2.45) is 0 Å². The summed E-state index contributed by atoms with van der Waals surface area (Å²) < 4.78 is 108. The first-order valence-corrected chi connectivity index (χ1v) is 17.8. The molecule has 252 valence electrons. The number of rotatable bonds is 5. The first kappa shape index (κ1) is 20.9. The van der Waals surface area contributed by atoms with E-state index in [9.17, 15) is 0 Å². The monoisotopic (exact) mass is 719 g/mol. The van der Waals surface area contributed by atoms with Crippen LogP contribution in [0, 0.1) is 0 Å². The van der Waals surface area contributed by atoms with Gasteiger partial charge in [-0.1, -0.05) is 109 Å². The van der Waals surface area contributed by atoms with Crippen LogP contribution in [0.3, 0.4) is 0 Å². The maximum Gasteiger partial charge on any atom is 0.166 e. The molecule has 0 fully saturated rings. The van der Waals surface area contributed by atoms with Crippen LogP contribution in [-0.2, 0) is 0 Å². The Hall–Kier alpha value is -7.02. The SMILES string of the molecule is [2H]c1cc([2H])c2sc3c(-c4cccc(-c5nc(-c6ccc7ncccc7c6)nc(-c6ccccc6-n6c7c([2H])cc([2H])c([2H])c7c7c([2H])c([2H])c([2H])c([2H])c76)n5)c4)cc([2H])c([2H])c3c2c1[2H]. The van der Waals surface area contributed by atoms with E-state index in [-0.39, 0.29) is 93.7 Å². The molecule has 0 aliphatic heterocycles. The van der Waals surface area contributed by atoms with E-state index in [1.807, 2.05) is 54.6 Å². The van der Waals surface area contributed by atoms with Gasteiger partial charge in [0.05, 0.1) is 38.7 Å². The van der Waals surface area contributed by atoms with Crippen LogP contribution in [0.5, 0.6) is 0 Å². The lowest BCUT2D eigenvalue weighted by atomic mass is 10.0. The lowest BCUT2D eigenvalue weighted by molar-refractivity contribution is 1.06. The quantitative estimate of drug-likeness (QED) is 0.178. The van der Waals surface area contributed by atoms with Gasteiger partial charge in [0.15, 0.2) is 17.5 Å². The molecule has 0 saturated carbocycles. The zero-order valence-corrected chi connectivity index (χ0v) is 28.8. The molecule has 0 N–H and O–H groups in total. The Bertz CT molecular complexity index is 3940. The van der Waals surface area contributed by atoms with Crippen LogP contribution in [0.25, 0.3) is 104 Å². The highest BCUT2D eigenvalue weighted by Gasteiger charge is 2.20. The van der Waals surface area contributed by atoms with Crippen LogP contribution in [-0.4, -0.2) is 24.5 Å². The number of hydrogen-bond acceptors (Lipinski definition) is 5. The van der Waals surface area contributed by atoms with Gasteiger partial charge in [-0.3, -0.25) is 4.98 Å². The molecule has 5 nitrogen and oxygen atoms in total. The molecule has 7 aromatic carbocycles. The van der Waals surface area contributed by atoms with Gasteiger partial charge in [0.1, 0.15) is 0 Å². The molecule has 0 atom stereocenters. The van der Waals surface area contributed by atoms with E-state index in [1.165, 1.54) is 28.0 Å². The molecule has 0 radical (unpaired) electrons. The van der Waals surface area contributed by atoms with Crippen LogP contribution in [0.2, 0.25) is 0 Å². The molecule has 4 aromatic heterocycles. The van der Waals surface area contributed by atoms with E-state index < -0.39 is 18.1 Å². The number of para-hydroxylation sites is 3. The average Bonchev–Trinajstić information content (AvgIpc) is 3.91. The molecule has 6 heteroatoms. The van der Waals surface area contributed by atoms with E-state index in [1.54, 1.807) is 36.5 Å². The number of fused-ring (bicyclic) bond motifs is 7. The molecule has 0 spiro atoms. The van der Waals surface area contributed by atoms with Crippen molar-refractivity contribution in [3.63, 3.8) is 0 Å². The summed E-state index contributed by atoms with van der Waals surface area (Å²) in [4.78, 5) is 19.6. The van der Waals surface area contributed by atoms with Gasteiger partial charge in [-0.2, -0.15) is 0 Å². The van der Waals surface area contributed by atoms with Gasteiger partial charge in [-0.25, -0.2) is 15.0 Å². The second kappa shape index (κ2) is 12.3. The van der Waals surface area contributed by atoms with Gasteiger partial charge >= 0.3 is 0 Å². The van der Waals surface area contributed by atoms with Crippen molar-refractivity contribution in [3.8, 4) is 51.0 Å². The summed E-state index contributed by atoms with van der Waals surface area (Å²) in [5.74, 6) is 0.700. The van der Waals surface area contributed by atoms with E-state index in [4.69, 9.17) is 31.4 Å². The van der Waals surface area contributed by atoms with E-state index >= 15 is 0 Å². The Morgan fingerprint density at radius 2 is 1.24 bits per heavy atom. The van der Waals surface area contributed by atoms with Gasteiger partial charge in [0.2, 0.25) is 0 Å². The van der Waals surface area contributed by atoms with Crippen molar-refractivity contribution in [3.05, 3.63) is 176 Å². The van der Waals surface area contributed by atoms with Crippen molar-refractivity contribution >= 4 is 64.2 Å². The van der Waals surface area contributed by atoms with Crippen LogP contribution >= 0.6 is 11.3 Å². The predicted octanol–water partition coefficient (Wildman–Crippen LogP) is 12.6. The molecule has 0 bridgehead atoms. The maximum absolute atomic E-state index is 9.13. The third-order valence-electron chi connectivity index (χ3n) is 9.43. The molecule has 11 rings (SSSR count). The van der Waals surface area contributed by atoms with Gasteiger partial charge in [0.25, 0.3) is 0 Å². The zero-order chi connectivity index (χ0) is 46.0. The summed E-state index contributed by atoms with van der Waals surface area (Å²) in [6.45, 7) is 0. The van der Waals surface area contributed by atoms with Crippen LogP contribution in [0.15, 0.2) is 176 Å². The molecule has 0 saturated heterocycles. The van der Waals surface area contributed by atoms with Crippen molar-refractivity contribution in [2.75, 3.05) is 0 Å². The summed E-state index contributed by atoms with van der Waals surface area (Å²) in [5, 5.41) is 1.53. The normalized spacial score (nSPS) is 14.8. The minimum absolute atomic E-state index is 0.0112. The molecule has 4 heterocycles. The smallest absolute Gasteiger partial charge is 0.166 e. The van der Waals surface area contributed by atoms with E-state index in [2.05, 4.69) is 4.98 Å². The van der Waals surface area contributed by atoms with Crippen molar-refractivity contribution in [1.82, 2.24) is 24.5 Å². The topological polar surface area (TPSA) is 56.5 Å². The number of benzene rings is 7. The summed E-state index contributed by atoms with van der Waals surface area (Å²) >= 11 is 1.24. The van der Waals surface area contributed by atoms with Crippen molar-refractivity contribution in [1.29, 1.82) is 0 Å². The number of aromatic nitrogens is 5. The number of pyridine rings is 1. The summed E-state index contributed by atoms with van der Waals surface area (Å²) in [6, 6.07) is 25.0. The molecule has 54 heavy (non-hydrogen) atoms. The Kier molecular flexibility index (Phi) is 4.75. The van der Waals surface area contributed by atoms with Gasteiger partial charge in [0, 0.05) is 59.2 Å². The minimum atomic E-state index is -0.507. The fourth-order valence-corrected chi connectivity index (χ4v) is 8.11. The molecular formula is C48H29N5S. The van der Waals surface area contributed by atoms with Gasteiger partial charge in [-0.05, 0) is 71.7 Å². The highest BCUT2D eigenvalue weighted by molar-refractivity contribution is 7.26. The van der Waals surface area contributed by atoms with E-state index in [0.717, 1.165) is 10.9 Å². The predicted molar refractivity (Wildman–Crippen MR) is 224 cm³/mol. The largest absolute Gasteiger partial charge is 0.309 e. The van der Waals surface area contributed by atoms with E-state index in [0.29, 0.717) is 53.7 Å². The number of hydrogen-bond donors (Lipinski definition) is 0. The average molecular weight is 720 g/mol. The number of thiophene rings is 1. The molecule has 11 aromatic rings. The molecule has 0 unspecified atom stereocenters. The second-order valence-corrected chi connectivity index (χ2v) is 13.6.